The molecule has 0 bridgehead atoms. The zero-order valence-electron chi connectivity index (χ0n) is 14.6. The molecule has 2 aromatic rings. The number of benzene rings is 1. The molecule has 6 nitrogen and oxygen atoms in total. The molecule has 0 atom stereocenters. The molecule has 132 valence electrons. The van der Waals surface area contributed by atoms with Crippen LogP contribution >= 0.6 is 0 Å². The summed E-state index contributed by atoms with van der Waals surface area (Å²) < 4.78 is 13.6. The van der Waals surface area contributed by atoms with E-state index in [0.29, 0.717) is 17.5 Å². The van der Waals surface area contributed by atoms with Crippen LogP contribution in [0.1, 0.15) is 32.7 Å². The minimum atomic E-state index is -0.661. The molecular weight excluding hydrogens is 318 g/mol. The number of aromatic nitrogens is 1. The van der Waals surface area contributed by atoms with Crippen LogP contribution in [0.25, 0.3) is 0 Å². The normalized spacial score (nSPS) is 19.0. The van der Waals surface area contributed by atoms with Gasteiger partial charge in [0.05, 0.1) is 0 Å². The fourth-order valence-corrected chi connectivity index (χ4v) is 3.46. The second-order valence-electron chi connectivity index (χ2n) is 7.04. The fourth-order valence-electron chi connectivity index (χ4n) is 3.46. The molecule has 1 N–H and O–H groups in total. The van der Waals surface area contributed by atoms with E-state index in [4.69, 9.17) is 9.47 Å². The van der Waals surface area contributed by atoms with Crippen molar-refractivity contribution in [3.63, 3.8) is 0 Å². The lowest BCUT2D eigenvalue weighted by Gasteiger charge is -2.32. The number of ether oxygens (including phenoxy) is 2. The Labute approximate surface area is 147 Å². The number of urea groups is 1. The Hall–Kier alpha value is -2.63. The summed E-state index contributed by atoms with van der Waals surface area (Å²) in [5.41, 5.74) is 0.720. The summed E-state index contributed by atoms with van der Waals surface area (Å²) in [6, 6.07) is 9.98. The van der Waals surface area contributed by atoms with Crippen LogP contribution in [0.5, 0.6) is 11.5 Å². The predicted octanol–water partition coefficient (Wildman–Crippen LogP) is 3.86. The van der Waals surface area contributed by atoms with Crippen LogP contribution in [0.3, 0.4) is 0 Å². The monoisotopic (exact) mass is 341 g/mol. The molecule has 0 aliphatic carbocycles. The van der Waals surface area contributed by atoms with E-state index < -0.39 is 5.79 Å². The van der Waals surface area contributed by atoms with Gasteiger partial charge in [-0.25, -0.2) is 4.79 Å². The van der Waals surface area contributed by atoms with Crippen molar-refractivity contribution in [2.45, 2.75) is 38.5 Å². The summed E-state index contributed by atoms with van der Waals surface area (Å²) >= 11 is 0. The Morgan fingerprint density at radius 3 is 2.52 bits per heavy atom. The van der Waals surface area contributed by atoms with Crippen molar-refractivity contribution in [2.24, 2.45) is 0 Å². The van der Waals surface area contributed by atoms with Gasteiger partial charge in [-0.1, -0.05) is 0 Å². The van der Waals surface area contributed by atoms with Crippen LogP contribution in [0.4, 0.5) is 10.5 Å². The third-order valence-electron chi connectivity index (χ3n) is 4.71. The largest absolute Gasteiger partial charge is 0.449 e. The molecule has 1 fully saturated rings. The Balaban J connectivity index is 1.36. The van der Waals surface area contributed by atoms with Gasteiger partial charge in [-0.2, -0.15) is 0 Å². The number of likely N-dealkylation sites (tertiary alicyclic amines) is 1. The summed E-state index contributed by atoms with van der Waals surface area (Å²) in [5.74, 6) is 0.704. The first-order valence-electron chi connectivity index (χ1n) is 8.71. The molecule has 0 spiro atoms. The minimum Gasteiger partial charge on any atom is -0.449 e. The Morgan fingerprint density at radius 2 is 1.80 bits per heavy atom. The standard InChI is InChI=1S/C19H23N3O3/c1-19(2)24-16-6-5-14(13-17(16)25-19)20-18(23)22-11-7-15(8-12-22)21-9-3-4-10-21/h3-6,9-10,13,15H,7-8,11-12H2,1-2H3,(H,20,23). The average molecular weight is 341 g/mol. The lowest BCUT2D eigenvalue weighted by atomic mass is 10.1. The highest BCUT2D eigenvalue weighted by molar-refractivity contribution is 5.89. The van der Waals surface area contributed by atoms with Crippen molar-refractivity contribution in [1.29, 1.82) is 0 Å². The number of piperidine rings is 1. The van der Waals surface area contributed by atoms with Crippen molar-refractivity contribution < 1.29 is 14.3 Å². The second kappa shape index (κ2) is 6.02. The van der Waals surface area contributed by atoms with E-state index in [0.717, 1.165) is 31.6 Å². The second-order valence-corrected chi connectivity index (χ2v) is 7.04. The molecule has 2 amide bonds. The van der Waals surface area contributed by atoms with Crippen LogP contribution in [0.2, 0.25) is 0 Å². The van der Waals surface area contributed by atoms with Gasteiger partial charge in [-0.3, -0.25) is 0 Å². The van der Waals surface area contributed by atoms with Crippen LogP contribution in [0.15, 0.2) is 42.7 Å². The van der Waals surface area contributed by atoms with E-state index in [-0.39, 0.29) is 6.03 Å². The van der Waals surface area contributed by atoms with Crippen molar-refractivity contribution in [3.8, 4) is 11.5 Å². The molecule has 25 heavy (non-hydrogen) atoms. The summed E-state index contributed by atoms with van der Waals surface area (Å²) in [4.78, 5) is 14.4. The molecule has 1 aromatic heterocycles. The number of carbonyl (C=O) groups excluding carboxylic acids is 1. The highest BCUT2D eigenvalue weighted by Crippen LogP contribution is 2.40. The molecule has 6 heteroatoms. The molecular formula is C19H23N3O3. The van der Waals surface area contributed by atoms with Gasteiger partial charge in [-0.15, -0.1) is 0 Å². The SMILES string of the molecule is CC1(C)Oc2ccc(NC(=O)N3CCC(n4cccc4)CC3)cc2O1. The molecule has 2 aliphatic rings. The number of hydrogen-bond acceptors (Lipinski definition) is 3. The zero-order chi connectivity index (χ0) is 17.4. The van der Waals surface area contributed by atoms with E-state index in [1.54, 1.807) is 0 Å². The summed E-state index contributed by atoms with van der Waals surface area (Å²) in [6.07, 6.45) is 6.12. The number of fused-ring (bicyclic) bond motifs is 1. The van der Waals surface area contributed by atoms with Crippen molar-refractivity contribution in [3.05, 3.63) is 42.7 Å². The van der Waals surface area contributed by atoms with Crippen molar-refractivity contribution >= 4 is 11.7 Å². The lowest BCUT2D eigenvalue weighted by molar-refractivity contribution is -0.0431. The molecule has 3 heterocycles. The van der Waals surface area contributed by atoms with Crippen LogP contribution in [0, 0.1) is 0 Å². The van der Waals surface area contributed by atoms with E-state index in [1.807, 2.05) is 49.1 Å². The van der Waals surface area contributed by atoms with Crippen molar-refractivity contribution in [2.75, 3.05) is 18.4 Å². The van der Waals surface area contributed by atoms with Gasteiger partial charge < -0.3 is 24.3 Å². The fraction of sp³-hybridized carbons (Fsp3) is 0.421. The van der Waals surface area contributed by atoms with Gasteiger partial charge in [-0.05, 0) is 37.1 Å². The van der Waals surface area contributed by atoms with Crippen LogP contribution < -0.4 is 14.8 Å². The highest BCUT2D eigenvalue weighted by atomic mass is 16.7. The third-order valence-corrected chi connectivity index (χ3v) is 4.71. The summed E-state index contributed by atoms with van der Waals surface area (Å²) in [7, 11) is 0. The van der Waals surface area contributed by atoms with Gasteiger partial charge in [0.1, 0.15) is 0 Å². The average Bonchev–Trinajstić information content (AvgIpc) is 3.21. The van der Waals surface area contributed by atoms with Crippen LogP contribution in [-0.2, 0) is 0 Å². The number of nitrogens with zero attached hydrogens (tertiary/aromatic N) is 2. The number of rotatable bonds is 2. The topological polar surface area (TPSA) is 55.7 Å². The maximum absolute atomic E-state index is 12.5. The van der Waals surface area contributed by atoms with E-state index in [9.17, 15) is 4.79 Å². The van der Waals surface area contributed by atoms with Gasteiger partial charge >= 0.3 is 6.03 Å². The highest BCUT2D eigenvalue weighted by Gasteiger charge is 2.32. The maximum Gasteiger partial charge on any atom is 0.321 e. The van der Waals surface area contributed by atoms with Crippen molar-refractivity contribution in [1.82, 2.24) is 9.47 Å². The molecule has 0 radical (unpaired) electrons. The van der Waals surface area contributed by atoms with Gasteiger partial charge in [0.25, 0.3) is 0 Å². The van der Waals surface area contributed by atoms with E-state index in [1.165, 1.54) is 0 Å². The number of anilines is 1. The molecule has 0 unspecified atom stereocenters. The van der Waals surface area contributed by atoms with E-state index in [2.05, 4.69) is 22.3 Å². The lowest BCUT2D eigenvalue weighted by Crippen LogP contribution is -2.41. The zero-order valence-corrected chi connectivity index (χ0v) is 14.6. The van der Waals surface area contributed by atoms with Gasteiger partial charge in [0.15, 0.2) is 11.5 Å². The van der Waals surface area contributed by atoms with Gasteiger partial charge in [0.2, 0.25) is 5.79 Å². The maximum atomic E-state index is 12.5. The first-order valence-corrected chi connectivity index (χ1v) is 8.71. The van der Waals surface area contributed by atoms with Crippen LogP contribution in [-0.4, -0.2) is 34.4 Å². The number of nitrogens with one attached hydrogen (secondary N) is 1. The molecule has 2 aliphatic heterocycles. The molecule has 0 saturated carbocycles. The quantitative estimate of drug-likeness (QED) is 0.902. The van der Waals surface area contributed by atoms with Gasteiger partial charge in [0, 0.05) is 57.1 Å². The Kier molecular flexibility index (Phi) is 3.82. The first kappa shape index (κ1) is 15.9. The predicted molar refractivity (Wildman–Crippen MR) is 95.1 cm³/mol. The van der Waals surface area contributed by atoms with E-state index >= 15 is 0 Å². The molecule has 1 aromatic carbocycles. The number of carbonyl (C=O) groups is 1. The minimum absolute atomic E-state index is 0.0657. The summed E-state index contributed by atoms with van der Waals surface area (Å²) in [6.45, 7) is 5.23. The number of hydrogen-bond donors (Lipinski definition) is 1. The first-order chi connectivity index (χ1) is 12.0. The summed E-state index contributed by atoms with van der Waals surface area (Å²) in [5, 5.41) is 2.96. The molecule has 4 rings (SSSR count). The molecule has 1 saturated heterocycles. The Bertz CT molecular complexity index is 762. The Morgan fingerprint density at radius 1 is 1.12 bits per heavy atom. The number of amides is 2. The third kappa shape index (κ3) is 3.29. The smallest absolute Gasteiger partial charge is 0.321 e.